The van der Waals surface area contributed by atoms with Gasteiger partial charge in [-0.1, -0.05) is 6.07 Å². The maximum Gasteiger partial charge on any atom is 0.311 e. The van der Waals surface area contributed by atoms with Crippen molar-refractivity contribution in [2.24, 2.45) is 17.8 Å². The Balaban J connectivity index is 1.75. The van der Waals surface area contributed by atoms with Crippen molar-refractivity contribution in [1.82, 2.24) is 5.32 Å². The van der Waals surface area contributed by atoms with Gasteiger partial charge in [-0.2, -0.15) is 0 Å². The van der Waals surface area contributed by atoms with Crippen LogP contribution in [0.25, 0.3) is 0 Å². The van der Waals surface area contributed by atoms with E-state index in [0.29, 0.717) is 16.7 Å². The molecule has 4 nitrogen and oxygen atoms in total. The number of hydrogen-bond donors (Lipinski definition) is 1. The van der Waals surface area contributed by atoms with Gasteiger partial charge >= 0.3 is 5.97 Å². The second kappa shape index (κ2) is 4.96. The lowest BCUT2D eigenvalue weighted by Gasteiger charge is -2.29. The third-order valence-corrected chi connectivity index (χ3v) is 5.30. The maximum atomic E-state index is 12.1. The molecule has 2 fully saturated rings. The average Bonchev–Trinajstić information content (AvgIpc) is 3.13. The number of fused-ring (bicyclic) bond motifs is 2. The first-order valence-electron chi connectivity index (χ1n) is 6.63. The number of methoxy groups -OCH3 is 1. The molecule has 2 bridgehead atoms. The van der Waals surface area contributed by atoms with Crippen LogP contribution in [0.15, 0.2) is 17.5 Å². The van der Waals surface area contributed by atoms with Crippen molar-refractivity contribution in [3.63, 3.8) is 0 Å². The molecular weight excluding hydrogens is 262 g/mol. The number of nitrogens with one attached hydrogen (secondary N) is 1. The molecule has 0 aromatic carbocycles. The molecule has 4 atom stereocenters. The van der Waals surface area contributed by atoms with E-state index in [1.165, 1.54) is 18.4 Å². The number of carbonyl (C=O) groups is 2. The lowest BCUT2D eigenvalue weighted by Crippen LogP contribution is -2.47. The van der Waals surface area contributed by atoms with E-state index in [2.05, 4.69) is 5.32 Å². The lowest BCUT2D eigenvalue weighted by atomic mass is 9.84. The van der Waals surface area contributed by atoms with Crippen molar-refractivity contribution in [3.05, 3.63) is 22.4 Å². The summed E-state index contributed by atoms with van der Waals surface area (Å²) in [4.78, 5) is 24.8. The van der Waals surface area contributed by atoms with Crippen molar-refractivity contribution in [2.75, 3.05) is 7.11 Å². The predicted molar refractivity (Wildman–Crippen MR) is 71.9 cm³/mol. The maximum absolute atomic E-state index is 12.1. The fourth-order valence-corrected chi connectivity index (χ4v) is 4.23. The van der Waals surface area contributed by atoms with E-state index in [1.807, 2.05) is 11.4 Å². The van der Waals surface area contributed by atoms with Gasteiger partial charge in [0.1, 0.15) is 0 Å². The summed E-state index contributed by atoms with van der Waals surface area (Å²) in [5, 5.41) is 4.93. The van der Waals surface area contributed by atoms with Crippen LogP contribution in [0.3, 0.4) is 0 Å². The predicted octanol–water partition coefficient (Wildman–Crippen LogP) is 2.07. The average molecular weight is 279 g/mol. The summed E-state index contributed by atoms with van der Waals surface area (Å²) in [6.45, 7) is 0. The minimum Gasteiger partial charge on any atom is -0.469 e. The molecule has 0 saturated heterocycles. The highest BCUT2D eigenvalue weighted by Crippen LogP contribution is 2.49. The minimum atomic E-state index is -0.177. The summed E-state index contributed by atoms with van der Waals surface area (Å²) in [6, 6.07) is 3.61. The molecule has 0 radical (unpaired) electrons. The second-order valence-electron chi connectivity index (χ2n) is 5.36. The molecule has 0 aliphatic heterocycles. The number of amides is 1. The normalized spacial score (nSPS) is 32.3. The van der Waals surface area contributed by atoms with E-state index in [0.717, 1.165) is 19.3 Å². The first kappa shape index (κ1) is 12.7. The zero-order valence-electron chi connectivity index (χ0n) is 10.8. The second-order valence-corrected chi connectivity index (χ2v) is 6.31. The van der Waals surface area contributed by atoms with E-state index >= 15 is 0 Å². The largest absolute Gasteiger partial charge is 0.469 e. The zero-order chi connectivity index (χ0) is 13.4. The van der Waals surface area contributed by atoms with Gasteiger partial charge in [0.25, 0.3) is 5.91 Å². The van der Waals surface area contributed by atoms with Gasteiger partial charge in [-0.25, -0.2) is 0 Å². The number of rotatable bonds is 3. The van der Waals surface area contributed by atoms with Gasteiger partial charge in [0.15, 0.2) is 0 Å². The van der Waals surface area contributed by atoms with Gasteiger partial charge in [0.2, 0.25) is 0 Å². The Labute approximate surface area is 116 Å². The number of ether oxygens (including phenoxy) is 1. The molecule has 0 spiro atoms. The third-order valence-electron chi connectivity index (χ3n) is 4.43. The monoisotopic (exact) mass is 279 g/mol. The standard InChI is InChI=1S/C14H17NO3S/c1-18-14(17)11-8-4-5-9(7-8)12(11)15-13(16)10-3-2-6-19-10/h2-3,6,8-9,11-12H,4-5,7H2,1H3,(H,15,16)/t8-,9-,11+,12+/m0/s1. The molecule has 3 rings (SSSR count). The van der Waals surface area contributed by atoms with Crippen LogP contribution >= 0.6 is 11.3 Å². The van der Waals surface area contributed by atoms with Crippen molar-refractivity contribution >= 4 is 23.2 Å². The molecule has 1 aromatic rings. The Morgan fingerprint density at radius 3 is 2.84 bits per heavy atom. The van der Waals surface area contributed by atoms with Crippen molar-refractivity contribution in [1.29, 1.82) is 0 Å². The summed E-state index contributed by atoms with van der Waals surface area (Å²) in [5.74, 6) is 0.405. The van der Waals surface area contributed by atoms with Crippen LogP contribution in [0.2, 0.25) is 0 Å². The Morgan fingerprint density at radius 2 is 2.16 bits per heavy atom. The molecule has 5 heteroatoms. The SMILES string of the molecule is COC(=O)[C@@H]1[C@H]2CC[C@@H](C2)[C@H]1NC(=O)c1cccs1. The van der Waals surface area contributed by atoms with Crippen molar-refractivity contribution in [3.8, 4) is 0 Å². The van der Waals surface area contributed by atoms with Gasteiger partial charge in [-0.15, -0.1) is 11.3 Å². The molecule has 2 saturated carbocycles. The summed E-state index contributed by atoms with van der Waals surface area (Å²) >= 11 is 1.42. The molecule has 1 N–H and O–H groups in total. The molecule has 0 unspecified atom stereocenters. The Bertz CT molecular complexity index is 485. The van der Waals surface area contributed by atoms with Crippen LogP contribution in [-0.4, -0.2) is 25.0 Å². The number of hydrogen-bond acceptors (Lipinski definition) is 4. The molecule has 19 heavy (non-hydrogen) atoms. The highest BCUT2D eigenvalue weighted by atomic mass is 32.1. The summed E-state index contributed by atoms with van der Waals surface area (Å²) in [7, 11) is 1.42. The molecule has 2 aliphatic carbocycles. The molecule has 102 valence electrons. The van der Waals surface area contributed by atoms with Gasteiger partial charge < -0.3 is 10.1 Å². The Morgan fingerprint density at radius 1 is 1.37 bits per heavy atom. The number of esters is 1. The van der Waals surface area contributed by atoms with E-state index < -0.39 is 0 Å². The summed E-state index contributed by atoms with van der Waals surface area (Å²) in [6.07, 6.45) is 3.22. The van der Waals surface area contributed by atoms with Crippen molar-refractivity contribution < 1.29 is 14.3 Å². The number of carbonyl (C=O) groups excluding carboxylic acids is 2. The first-order valence-corrected chi connectivity index (χ1v) is 7.51. The van der Waals surface area contributed by atoms with Crippen LogP contribution in [0.5, 0.6) is 0 Å². The van der Waals surface area contributed by atoms with E-state index in [9.17, 15) is 9.59 Å². The highest BCUT2D eigenvalue weighted by Gasteiger charge is 2.52. The first-order chi connectivity index (χ1) is 9.20. The van der Waals surface area contributed by atoms with Crippen molar-refractivity contribution in [2.45, 2.75) is 25.3 Å². The topological polar surface area (TPSA) is 55.4 Å². The lowest BCUT2D eigenvalue weighted by molar-refractivity contribution is -0.148. The van der Waals surface area contributed by atoms with Crippen LogP contribution in [-0.2, 0) is 9.53 Å². The minimum absolute atomic E-state index is 0.0548. The van der Waals surface area contributed by atoms with Gasteiger partial charge in [-0.3, -0.25) is 9.59 Å². The quantitative estimate of drug-likeness (QED) is 0.862. The van der Waals surface area contributed by atoms with Crippen LogP contribution < -0.4 is 5.32 Å². The Hall–Kier alpha value is -1.36. The van der Waals surface area contributed by atoms with Crippen LogP contribution in [0.1, 0.15) is 28.9 Å². The molecule has 1 amide bonds. The molecular formula is C14H17NO3S. The molecule has 2 aliphatic rings. The number of thiophene rings is 1. The van der Waals surface area contributed by atoms with Gasteiger partial charge in [0, 0.05) is 6.04 Å². The van der Waals surface area contributed by atoms with Crippen LogP contribution in [0, 0.1) is 17.8 Å². The summed E-state index contributed by atoms with van der Waals surface area (Å²) < 4.78 is 4.90. The van der Waals surface area contributed by atoms with E-state index in [1.54, 1.807) is 6.07 Å². The zero-order valence-corrected chi connectivity index (χ0v) is 11.6. The fourth-order valence-electron chi connectivity index (χ4n) is 3.60. The molecule has 1 heterocycles. The van der Waals surface area contributed by atoms with Gasteiger partial charge in [-0.05, 0) is 42.5 Å². The third kappa shape index (κ3) is 2.16. The highest BCUT2D eigenvalue weighted by molar-refractivity contribution is 7.12. The summed E-state index contributed by atoms with van der Waals surface area (Å²) in [5.41, 5.74) is 0. The van der Waals surface area contributed by atoms with E-state index in [-0.39, 0.29) is 23.8 Å². The Kier molecular flexibility index (Phi) is 3.31. The van der Waals surface area contributed by atoms with E-state index in [4.69, 9.17) is 4.74 Å². The van der Waals surface area contributed by atoms with Crippen LogP contribution in [0.4, 0.5) is 0 Å². The van der Waals surface area contributed by atoms with Gasteiger partial charge in [0.05, 0.1) is 17.9 Å². The smallest absolute Gasteiger partial charge is 0.311 e. The fraction of sp³-hybridized carbons (Fsp3) is 0.571. The molecule has 1 aromatic heterocycles.